The third-order valence-electron chi connectivity index (χ3n) is 3.17. The summed E-state index contributed by atoms with van der Waals surface area (Å²) in [5.41, 5.74) is 2.53. The standard InChI is InChI=1S/C15H13NO2/c1-10-11(7-9-18-10)15(17)13-4-2-6-14-12(13)5-3-8-16-14/h2-9,15,17H,1H3. The number of hydrogen-bond acceptors (Lipinski definition) is 3. The lowest BCUT2D eigenvalue weighted by Crippen LogP contribution is -2.01. The highest BCUT2D eigenvalue weighted by molar-refractivity contribution is 5.82. The maximum atomic E-state index is 10.5. The second-order valence-electron chi connectivity index (χ2n) is 4.25. The molecular weight excluding hydrogens is 226 g/mol. The predicted molar refractivity (Wildman–Crippen MR) is 69.2 cm³/mol. The van der Waals surface area contributed by atoms with Crippen molar-refractivity contribution in [3.05, 3.63) is 65.7 Å². The van der Waals surface area contributed by atoms with Crippen LogP contribution in [0.25, 0.3) is 10.9 Å². The van der Waals surface area contributed by atoms with Gasteiger partial charge in [-0.05, 0) is 30.7 Å². The van der Waals surface area contributed by atoms with Crippen molar-refractivity contribution in [2.75, 3.05) is 0 Å². The van der Waals surface area contributed by atoms with Gasteiger partial charge in [-0.2, -0.15) is 0 Å². The summed E-state index contributed by atoms with van der Waals surface area (Å²) < 4.78 is 5.24. The minimum absolute atomic E-state index is 0.684. The van der Waals surface area contributed by atoms with E-state index in [1.165, 1.54) is 0 Å². The molecule has 0 amide bonds. The van der Waals surface area contributed by atoms with Crippen LogP contribution in [0.15, 0.2) is 53.3 Å². The zero-order valence-corrected chi connectivity index (χ0v) is 10.00. The Morgan fingerprint density at radius 3 is 2.78 bits per heavy atom. The molecule has 0 saturated carbocycles. The molecule has 0 spiro atoms. The van der Waals surface area contributed by atoms with Gasteiger partial charge < -0.3 is 9.52 Å². The topological polar surface area (TPSA) is 46.3 Å². The van der Waals surface area contributed by atoms with E-state index in [1.54, 1.807) is 18.5 Å². The molecule has 1 atom stereocenters. The molecule has 0 aliphatic carbocycles. The summed E-state index contributed by atoms with van der Waals surface area (Å²) in [6, 6.07) is 11.4. The van der Waals surface area contributed by atoms with Gasteiger partial charge in [0.2, 0.25) is 0 Å². The highest BCUT2D eigenvalue weighted by atomic mass is 16.3. The number of furan rings is 1. The summed E-state index contributed by atoms with van der Waals surface area (Å²) in [6.45, 7) is 1.85. The fourth-order valence-corrected chi connectivity index (χ4v) is 2.21. The first-order chi connectivity index (χ1) is 8.77. The maximum Gasteiger partial charge on any atom is 0.108 e. The SMILES string of the molecule is Cc1occc1C(O)c1cccc2ncccc12. The summed E-state index contributed by atoms with van der Waals surface area (Å²) >= 11 is 0. The van der Waals surface area contributed by atoms with Crippen LogP contribution in [0.5, 0.6) is 0 Å². The molecule has 3 rings (SSSR count). The van der Waals surface area contributed by atoms with Crippen LogP contribution < -0.4 is 0 Å². The molecule has 0 bridgehead atoms. The minimum atomic E-state index is -0.684. The van der Waals surface area contributed by atoms with Crippen molar-refractivity contribution in [2.45, 2.75) is 13.0 Å². The van der Waals surface area contributed by atoms with Crippen molar-refractivity contribution >= 4 is 10.9 Å². The molecule has 0 aliphatic heterocycles. The van der Waals surface area contributed by atoms with Gasteiger partial charge in [-0.15, -0.1) is 0 Å². The fourth-order valence-electron chi connectivity index (χ4n) is 2.21. The molecule has 0 radical (unpaired) electrons. The molecule has 1 N–H and O–H groups in total. The van der Waals surface area contributed by atoms with Crippen molar-refractivity contribution in [1.82, 2.24) is 4.98 Å². The lowest BCUT2D eigenvalue weighted by molar-refractivity contribution is 0.219. The zero-order valence-electron chi connectivity index (χ0n) is 10.00. The van der Waals surface area contributed by atoms with Crippen LogP contribution in [0.1, 0.15) is 23.0 Å². The van der Waals surface area contributed by atoms with Crippen molar-refractivity contribution in [1.29, 1.82) is 0 Å². The quantitative estimate of drug-likeness (QED) is 0.746. The molecule has 90 valence electrons. The number of benzene rings is 1. The van der Waals surface area contributed by atoms with E-state index in [9.17, 15) is 5.11 Å². The maximum absolute atomic E-state index is 10.5. The Bertz CT molecular complexity index is 682. The molecule has 0 fully saturated rings. The smallest absolute Gasteiger partial charge is 0.108 e. The zero-order chi connectivity index (χ0) is 12.5. The number of nitrogens with zero attached hydrogens (tertiary/aromatic N) is 1. The Morgan fingerprint density at radius 2 is 2.00 bits per heavy atom. The van der Waals surface area contributed by atoms with E-state index in [2.05, 4.69) is 4.98 Å². The molecule has 2 heterocycles. The van der Waals surface area contributed by atoms with Gasteiger partial charge in [-0.1, -0.05) is 18.2 Å². The third kappa shape index (κ3) is 1.69. The van der Waals surface area contributed by atoms with Crippen molar-refractivity contribution in [3.8, 4) is 0 Å². The average Bonchev–Trinajstić information content (AvgIpc) is 2.83. The van der Waals surface area contributed by atoms with E-state index in [0.717, 1.165) is 27.8 Å². The minimum Gasteiger partial charge on any atom is -0.469 e. The molecule has 18 heavy (non-hydrogen) atoms. The van der Waals surface area contributed by atoms with Gasteiger partial charge in [0.25, 0.3) is 0 Å². The first kappa shape index (κ1) is 11.0. The van der Waals surface area contributed by atoms with Crippen LogP contribution in [-0.2, 0) is 0 Å². The molecule has 1 unspecified atom stereocenters. The van der Waals surface area contributed by atoms with Gasteiger partial charge in [0, 0.05) is 17.1 Å². The van der Waals surface area contributed by atoms with Gasteiger partial charge >= 0.3 is 0 Å². The summed E-state index contributed by atoms with van der Waals surface area (Å²) in [4.78, 5) is 4.29. The van der Waals surface area contributed by atoms with E-state index in [0.29, 0.717) is 0 Å². The number of hydrogen-bond donors (Lipinski definition) is 1. The van der Waals surface area contributed by atoms with Crippen molar-refractivity contribution in [3.63, 3.8) is 0 Å². The van der Waals surface area contributed by atoms with Gasteiger partial charge in [0.05, 0.1) is 11.8 Å². The largest absolute Gasteiger partial charge is 0.469 e. The Balaban J connectivity index is 2.18. The van der Waals surface area contributed by atoms with Crippen LogP contribution >= 0.6 is 0 Å². The number of aliphatic hydroxyl groups is 1. The Labute approximate surface area is 105 Å². The highest BCUT2D eigenvalue weighted by Gasteiger charge is 2.17. The van der Waals surface area contributed by atoms with Crippen molar-refractivity contribution in [2.24, 2.45) is 0 Å². The molecule has 0 aliphatic rings. The van der Waals surface area contributed by atoms with Crippen LogP contribution in [0.4, 0.5) is 0 Å². The Kier molecular flexibility index (Phi) is 2.61. The molecule has 3 aromatic rings. The second-order valence-corrected chi connectivity index (χ2v) is 4.25. The first-order valence-electron chi connectivity index (χ1n) is 5.83. The summed E-state index contributed by atoms with van der Waals surface area (Å²) in [5, 5.41) is 11.4. The van der Waals surface area contributed by atoms with E-state index < -0.39 is 6.10 Å². The second kappa shape index (κ2) is 4.27. The van der Waals surface area contributed by atoms with Crippen LogP contribution in [0, 0.1) is 6.92 Å². The average molecular weight is 239 g/mol. The van der Waals surface area contributed by atoms with Gasteiger partial charge in [0.1, 0.15) is 11.9 Å². The van der Waals surface area contributed by atoms with E-state index in [-0.39, 0.29) is 0 Å². The molecule has 3 heteroatoms. The number of pyridine rings is 1. The fraction of sp³-hybridized carbons (Fsp3) is 0.133. The molecule has 1 aromatic carbocycles. The number of aromatic nitrogens is 1. The van der Waals surface area contributed by atoms with Gasteiger partial charge in [0.15, 0.2) is 0 Å². The number of aliphatic hydroxyl groups excluding tert-OH is 1. The summed E-state index contributed by atoms with van der Waals surface area (Å²) in [7, 11) is 0. The van der Waals surface area contributed by atoms with E-state index in [1.807, 2.05) is 37.3 Å². The van der Waals surface area contributed by atoms with E-state index >= 15 is 0 Å². The lowest BCUT2D eigenvalue weighted by atomic mass is 9.98. The van der Waals surface area contributed by atoms with Crippen LogP contribution in [0.2, 0.25) is 0 Å². The predicted octanol–water partition coefficient (Wildman–Crippen LogP) is 3.22. The highest BCUT2D eigenvalue weighted by Crippen LogP contribution is 2.30. The van der Waals surface area contributed by atoms with Gasteiger partial charge in [-0.3, -0.25) is 4.98 Å². The molecule has 0 saturated heterocycles. The molecular formula is C15H13NO2. The summed E-state index contributed by atoms with van der Waals surface area (Å²) in [6.07, 6.45) is 2.66. The van der Waals surface area contributed by atoms with E-state index in [4.69, 9.17) is 4.42 Å². The first-order valence-corrected chi connectivity index (χ1v) is 5.83. The number of fused-ring (bicyclic) bond motifs is 1. The Hall–Kier alpha value is -2.13. The van der Waals surface area contributed by atoms with Gasteiger partial charge in [-0.25, -0.2) is 0 Å². The summed E-state index contributed by atoms with van der Waals surface area (Å²) in [5.74, 6) is 0.739. The lowest BCUT2D eigenvalue weighted by Gasteiger charge is -2.12. The van der Waals surface area contributed by atoms with Crippen molar-refractivity contribution < 1.29 is 9.52 Å². The monoisotopic (exact) mass is 239 g/mol. The van der Waals surface area contributed by atoms with Crippen LogP contribution in [-0.4, -0.2) is 10.1 Å². The molecule has 2 aromatic heterocycles. The number of aryl methyl sites for hydroxylation is 1. The van der Waals surface area contributed by atoms with Crippen LogP contribution in [0.3, 0.4) is 0 Å². The Morgan fingerprint density at radius 1 is 1.11 bits per heavy atom. The number of rotatable bonds is 2. The molecule has 3 nitrogen and oxygen atoms in total. The third-order valence-corrected chi connectivity index (χ3v) is 3.17. The normalized spacial score (nSPS) is 12.8.